The maximum absolute atomic E-state index is 7.90. The van der Waals surface area contributed by atoms with Gasteiger partial charge in [-0.1, -0.05) is 32.0 Å². The number of nitrogens with zero attached hydrogens (tertiary/aromatic N) is 2. The number of nitrogens with two attached hydrogens (primary N) is 1. The van der Waals surface area contributed by atoms with Crippen LogP contribution in [0.1, 0.15) is 32.3 Å². The van der Waals surface area contributed by atoms with Gasteiger partial charge in [-0.15, -0.1) is 0 Å². The van der Waals surface area contributed by atoms with Crippen molar-refractivity contribution in [2.75, 3.05) is 11.4 Å². The molecule has 21 heavy (non-hydrogen) atoms. The van der Waals surface area contributed by atoms with Gasteiger partial charge in [-0.3, -0.25) is 10.4 Å². The molecule has 3 N–H and O–H groups in total. The van der Waals surface area contributed by atoms with Crippen molar-refractivity contribution in [1.29, 1.82) is 5.41 Å². The van der Waals surface area contributed by atoms with E-state index in [1.165, 1.54) is 12.8 Å². The number of nitrogen functional groups attached to an aromatic ring is 1. The topological polar surface area (TPSA) is 66.0 Å². The quantitative estimate of drug-likeness (QED) is 0.671. The Kier molecular flexibility index (Phi) is 3.53. The van der Waals surface area contributed by atoms with Crippen molar-refractivity contribution in [2.45, 2.75) is 32.7 Å². The highest BCUT2D eigenvalue weighted by Crippen LogP contribution is 2.36. The van der Waals surface area contributed by atoms with Gasteiger partial charge in [0.2, 0.25) is 0 Å². The molecular weight excluding hydrogens is 260 g/mol. The molecule has 0 radical (unpaired) electrons. The minimum Gasteiger partial charge on any atom is -0.384 e. The number of hydrogen-bond donors (Lipinski definition) is 2. The Labute approximate surface area is 125 Å². The zero-order valence-electron chi connectivity index (χ0n) is 12.6. The lowest BCUT2D eigenvalue weighted by molar-refractivity contribution is 0.492. The van der Waals surface area contributed by atoms with E-state index in [9.17, 15) is 0 Å². The molecule has 1 aromatic carbocycles. The second kappa shape index (κ2) is 5.35. The predicted octanol–water partition coefficient (Wildman–Crippen LogP) is 3.14. The van der Waals surface area contributed by atoms with Crippen molar-refractivity contribution in [3.05, 3.63) is 36.0 Å². The summed E-state index contributed by atoms with van der Waals surface area (Å²) in [5, 5.41) is 8.99. The molecule has 1 aromatic heterocycles. The molecule has 1 aliphatic rings. The van der Waals surface area contributed by atoms with Crippen molar-refractivity contribution in [3.8, 4) is 0 Å². The summed E-state index contributed by atoms with van der Waals surface area (Å²) in [5.74, 6) is 0.678. The van der Waals surface area contributed by atoms with Gasteiger partial charge in [-0.25, -0.2) is 0 Å². The van der Waals surface area contributed by atoms with E-state index >= 15 is 0 Å². The number of amidine groups is 1. The summed E-state index contributed by atoms with van der Waals surface area (Å²) in [6, 6.07) is 8.63. The molecule has 110 valence electrons. The molecule has 0 aliphatic carbocycles. The van der Waals surface area contributed by atoms with Gasteiger partial charge in [0.05, 0.1) is 16.8 Å². The van der Waals surface area contributed by atoms with Crippen molar-refractivity contribution in [1.82, 2.24) is 4.98 Å². The number of nitrogens with one attached hydrogen (secondary N) is 1. The van der Waals surface area contributed by atoms with E-state index in [-0.39, 0.29) is 5.84 Å². The summed E-state index contributed by atoms with van der Waals surface area (Å²) in [7, 11) is 0. The Balaban J connectivity index is 2.23. The number of pyridine rings is 1. The molecule has 1 atom stereocenters. The third-order valence-corrected chi connectivity index (χ3v) is 4.39. The lowest BCUT2D eigenvalue weighted by Crippen LogP contribution is -2.35. The van der Waals surface area contributed by atoms with Crippen LogP contribution < -0.4 is 10.6 Å². The Morgan fingerprint density at radius 1 is 1.38 bits per heavy atom. The number of para-hydroxylation sites is 1. The maximum atomic E-state index is 7.90. The fourth-order valence-corrected chi connectivity index (χ4v) is 3.40. The second-order valence-corrected chi connectivity index (χ2v) is 6.10. The van der Waals surface area contributed by atoms with Crippen LogP contribution in [0.15, 0.2) is 30.5 Å². The third kappa shape index (κ3) is 2.35. The highest BCUT2D eigenvalue weighted by molar-refractivity contribution is 6.07. The minimum absolute atomic E-state index is 0.0951. The van der Waals surface area contributed by atoms with Gasteiger partial charge >= 0.3 is 0 Å². The summed E-state index contributed by atoms with van der Waals surface area (Å²) < 4.78 is 0. The number of rotatable bonds is 3. The number of hydrogen-bond acceptors (Lipinski definition) is 3. The molecular formula is C17H22N4. The van der Waals surface area contributed by atoms with Crippen LogP contribution in [0.2, 0.25) is 0 Å². The largest absolute Gasteiger partial charge is 0.384 e. The van der Waals surface area contributed by atoms with Crippen LogP contribution in [0.5, 0.6) is 0 Å². The smallest absolute Gasteiger partial charge is 0.126 e. The van der Waals surface area contributed by atoms with E-state index in [4.69, 9.17) is 11.1 Å². The van der Waals surface area contributed by atoms with Crippen LogP contribution in [0.25, 0.3) is 10.9 Å². The fraction of sp³-hybridized carbons (Fsp3) is 0.412. The summed E-state index contributed by atoms with van der Waals surface area (Å²) in [5.41, 5.74) is 8.61. The Bertz CT molecular complexity index is 678. The molecule has 4 heteroatoms. The first-order chi connectivity index (χ1) is 10.1. The standard InChI is InChI=1S/C17H22N4/c1-11(2)15-8-5-9-21(15)16-12-6-3-4-7-14(12)20-10-13(16)17(18)19/h3-4,6-7,10-11,15H,5,8-9H2,1-2H3,(H3,18,19). The molecule has 4 nitrogen and oxygen atoms in total. The Morgan fingerprint density at radius 2 is 2.14 bits per heavy atom. The molecule has 1 saturated heterocycles. The lowest BCUT2D eigenvalue weighted by atomic mass is 9.99. The van der Waals surface area contributed by atoms with E-state index in [1.54, 1.807) is 6.20 Å². The second-order valence-electron chi connectivity index (χ2n) is 6.10. The highest BCUT2D eigenvalue weighted by atomic mass is 15.2. The zero-order chi connectivity index (χ0) is 15.0. The first-order valence-corrected chi connectivity index (χ1v) is 7.58. The van der Waals surface area contributed by atoms with Gasteiger partial charge in [-0.2, -0.15) is 0 Å². The van der Waals surface area contributed by atoms with Crippen LogP contribution in [0.4, 0.5) is 5.69 Å². The molecule has 1 fully saturated rings. The number of fused-ring (bicyclic) bond motifs is 1. The van der Waals surface area contributed by atoms with Crippen molar-refractivity contribution < 1.29 is 0 Å². The van der Waals surface area contributed by atoms with E-state index in [2.05, 4.69) is 29.8 Å². The van der Waals surface area contributed by atoms with Crippen LogP contribution in [-0.2, 0) is 0 Å². The van der Waals surface area contributed by atoms with Gasteiger partial charge in [0, 0.05) is 24.2 Å². The number of aromatic nitrogens is 1. The maximum Gasteiger partial charge on any atom is 0.126 e. The Morgan fingerprint density at radius 3 is 2.86 bits per heavy atom. The van der Waals surface area contributed by atoms with Crippen LogP contribution in [0, 0.1) is 11.3 Å². The summed E-state index contributed by atoms with van der Waals surface area (Å²) in [6.45, 7) is 5.55. The lowest BCUT2D eigenvalue weighted by Gasteiger charge is -2.32. The molecule has 0 amide bonds. The first kappa shape index (κ1) is 13.9. The van der Waals surface area contributed by atoms with Gasteiger partial charge in [0.25, 0.3) is 0 Å². The highest BCUT2D eigenvalue weighted by Gasteiger charge is 2.30. The van der Waals surface area contributed by atoms with Gasteiger partial charge in [-0.05, 0) is 24.8 Å². The van der Waals surface area contributed by atoms with Gasteiger partial charge in [0.1, 0.15) is 5.84 Å². The minimum atomic E-state index is 0.0951. The van der Waals surface area contributed by atoms with Crippen LogP contribution >= 0.6 is 0 Å². The average molecular weight is 282 g/mol. The van der Waals surface area contributed by atoms with E-state index in [1.807, 2.05) is 18.2 Å². The van der Waals surface area contributed by atoms with E-state index in [0.717, 1.165) is 28.7 Å². The SMILES string of the molecule is CC(C)C1CCCN1c1c(C(=N)N)cnc2ccccc12. The van der Waals surface area contributed by atoms with Crippen molar-refractivity contribution >= 4 is 22.4 Å². The third-order valence-electron chi connectivity index (χ3n) is 4.39. The van der Waals surface area contributed by atoms with E-state index < -0.39 is 0 Å². The first-order valence-electron chi connectivity index (χ1n) is 7.58. The summed E-state index contributed by atoms with van der Waals surface area (Å²) in [4.78, 5) is 6.89. The fourth-order valence-electron chi connectivity index (χ4n) is 3.40. The normalized spacial score (nSPS) is 18.6. The molecule has 2 aromatic rings. The average Bonchev–Trinajstić information content (AvgIpc) is 2.95. The van der Waals surface area contributed by atoms with Gasteiger partial charge in [0.15, 0.2) is 0 Å². The number of anilines is 1. The molecule has 1 unspecified atom stereocenters. The van der Waals surface area contributed by atoms with Crippen LogP contribution in [0.3, 0.4) is 0 Å². The summed E-state index contributed by atoms with van der Waals surface area (Å²) in [6.07, 6.45) is 4.14. The molecule has 1 aliphatic heterocycles. The Hall–Kier alpha value is -2.10. The zero-order valence-corrected chi connectivity index (χ0v) is 12.6. The molecule has 0 bridgehead atoms. The van der Waals surface area contributed by atoms with Gasteiger partial charge < -0.3 is 10.6 Å². The molecule has 0 saturated carbocycles. The van der Waals surface area contributed by atoms with Crippen molar-refractivity contribution in [3.63, 3.8) is 0 Å². The monoisotopic (exact) mass is 282 g/mol. The van der Waals surface area contributed by atoms with Crippen molar-refractivity contribution in [2.24, 2.45) is 11.7 Å². The molecule has 2 heterocycles. The number of benzene rings is 1. The van der Waals surface area contributed by atoms with Crippen LogP contribution in [-0.4, -0.2) is 23.4 Å². The summed E-state index contributed by atoms with van der Waals surface area (Å²) >= 11 is 0. The van der Waals surface area contributed by atoms with E-state index in [0.29, 0.717) is 12.0 Å². The molecule has 0 spiro atoms. The predicted molar refractivity (Wildman–Crippen MR) is 88.0 cm³/mol. The molecule has 3 rings (SSSR count).